The summed E-state index contributed by atoms with van der Waals surface area (Å²) in [6.07, 6.45) is 3.41. The van der Waals surface area contributed by atoms with Gasteiger partial charge in [0.05, 0.1) is 0 Å². The molecule has 0 aromatic carbocycles. The molecular weight excluding hydrogens is 210 g/mol. The van der Waals surface area contributed by atoms with Gasteiger partial charge in [0, 0.05) is 6.04 Å². The Balaban J connectivity index is 2.32. The highest BCUT2D eigenvalue weighted by molar-refractivity contribution is 7.71. The maximum Gasteiger partial charge on any atom is 0.342 e. The van der Waals surface area contributed by atoms with Crippen LogP contribution in [-0.4, -0.2) is 14.8 Å². The quantitative estimate of drug-likeness (QED) is 0.723. The molecule has 0 spiro atoms. The fourth-order valence-corrected chi connectivity index (χ4v) is 2.92. The first-order chi connectivity index (χ1) is 7.09. The van der Waals surface area contributed by atoms with E-state index in [1.165, 1.54) is 12.8 Å². The molecule has 0 amide bonds. The van der Waals surface area contributed by atoms with Gasteiger partial charge in [-0.2, -0.15) is 0 Å². The molecule has 1 aromatic rings. The fraction of sp³-hybridized carbons (Fsp3) is 0.800. The molecule has 15 heavy (non-hydrogen) atoms. The molecule has 1 saturated carbocycles. The van der Waals surface area contributed by atoms with Gasteiger partial charge < -0.3 is 0 Å². The number of H-pyrrole nitrogens is 2. The first-order valence-electron chi connectivity index (χ1n) is 5.48. The van der Waals surface area contributed by atoms with Crippen LogP contribution >= 0.6 is 12.2 Å². The lowest BCUT2D eigenvalue weighted by Gasteiger charge is -2.32. The van der Waals surface area contributed by atoms with Crippen molar-refractivity contribution >= 4 is 12.2 Å². The first-order valence-corrected chi connectivity index (χ1v) is 5.89. The summed E-state index contributed by atoms with van der Waals surface area (Å²) in [4.78, 5) is 11.6. The molecule has 1 heterocycles. The second kappa shape index (κ2) is 3.96. The number of hydrogen-bond acceptors (Lipinski definition) is 2. The Morgan fingerprint density at radius 1 is 1.33 bits per heavy atom. The Kier molecular flexibility index (Phi) is 2.82. The number of aromatic nitrogens is 3. The molecule has 84 valence electrons. The summed E-state index contributed by atoms with van der Waals surface area (Å²) >= 11 is 5.11. The van der Waals surface area contributed by atoms with Crippen molar-refractivity contribution in [1.82, 2.24) is 14.8 Å². The van der Waals surface area contributed by atoms with E-state index in [1.54, 1.807) is 4.57 Å². The molecule has 1 aliphatic carbocycles. The molecule has 0 aliphatic heterocycles. The lowest BCUT2D eigenvalue weighted by atomic mass is 9.80. The zero-order chi connectivity index (χ0) is 11.0. The van der Waals surface area contributed by atoms with Crippen molar-refractivity contribution in [3.63, 3.8) is 0 Å². The molecule has 3 atom stereocenters. The van der Waals surface area contributed by atoms with Crippen molar-refractivity contribution in [2.75, 3.05) is 0 Å². The van der Waals surface area contributed by atoms with Gasteiger partial charge in [-0.1, -0.05) is 13.8 Å². The smallest absolute Gasteiger partial charge is 0.272 e. The fourth-order valence-electron chi connectivity index (χ4n) is 2.65. The normalized spacial score (nSPS) is 31.7. The van der Waals surface area contributed by atoms with Crippen LogP contribution in [0.4, 0.5) is 0 Å². The summed E-state index contributed by atoms with van der Waals surface area (Å²) in [5.74, 6) is 1.29. The summed E-state index contributed by atoms with van der Waals surface area (Å²) in [6.45, 7) is 4.47. The van der Waals surface area contributed by atoms with E-state index in [9.17, 15) is 4.79 Å². The van der Waals surface area contributed by atoms with Gasteiger partial charge in [0.1, 0.15) is 0 Å². The predicted octanol–water partition coefficient (Wildman–Crippen LogP) is 2.23. The summed E-state index contributed by atoms with van der Waals surface area (Å²) in [5.41, 5.74) is -0.105. The third kappa shape index (κ3) is 1.93. The van der Waals surface area contributed by atoms with Gasteiger partial charge in [0.2, 0.25) is 0 Å². The van der Waals surface area contributed by atoms with Gasteiger partial charge in [-0.05, 0) is 43.3 Å². The van der Waals surface area contributed by atoms with E-state index < -0.39 is 0 Å². The summed E-state index contributed by atoms with van der Waals surface area (Å²) < 4.78 is 2.22. The minimum atomic E-state index is -0.105. The number of nitrogens with zero attached hydrogens (tertiary/aromatic N) is 1. The molecule has 1 aliphatic rings. The lowest BCUT2D eigenvalue weighted by molar-refractivity contribution is 0.203. The topological polar surface area (TPSA) is 53.6 Å². The molecule has 1 aromatic heterocycles. The van der Waals surface area contributed by atoms with Crippen LogP contribution in [0.1, 0.15) is 39.2 Å². The molecule has 3 unspecified atom stereocenters. The van der Waals surface area contributed by atoms with Gasteiger partial charge in [0.25, 0.3) is 0 Å². The third-order valence-corrected chi connectivity index (χ3v) is 3.73. The van der Waals surface area contributed by atoms with Crippen molar-refractivity contribution in [2.24, 2.45) is 11.8 Å². The summed E-state index contributed by atoms with van der Waals surface area (Å²) in [7, 11) is 0. The number of nitrogens with one attached hydrogen (secondary N) is 2. The Morgan fingerprint density at radius 2 is 2.07 bits per heavy atom. The second-order valence-corrected chi connectivity index (χ2v) is 5.08. The zero-order valence-electron chi connectivity index (χ0n) is 9.12. The Bertz CT molecular complexity index is 417. The number of aromatic amines is 2. The monoisotopic (exact) mass is 227 g/mol. The molecule has 2 rings (SSSR count). The Morgan fingerprint density at radius 3 is 2.60 bits per heavy atom. The molecule has 0 radical (unpaired) electrons. The third-order valence-electron chi connectivity index (χ3n) is 3.43. The van der Waals surface area contributed by atoms with Crippen LogP contribution in [-0.2, 0) is 0 Å². The highest BCUT2D eigenvalue weighted by atomic mass is 32.1. The predicted molar refractivity (Wildman–Crippen MR) is 61.5 cm³/mol. The molecule has 0 saturated heterocycles. The molecule has 4 nitrogen and oxygen atoms in total. The minimum Gasteiger partial charge on any atom is -0.272 e. The summed E-state index contributed by atoms with van der Waals surface area (Å²) in [6, 6.07) is 0.267. The maximum absolute atomic E-state index is 11.6. The van der Waals surface area contributed by atoms with Crippen LogP contribution in [0, 0.1) is 16.6 Å². The molecular formula is C10H17N3OS. The van der Waals surface area contributed by atoms with E-state index in [1.807, 2.05) is 0 Å². The van der Waals surface area contributed by atoms with Crippen LogP contribution in [0.5, 0.6) is 0 Å². The van der Waals surface area contributed by atoms with Crippen LogP contribution in [0.15, 0.2) is 4.79 Å². The lowest BCUT2D eigenvalue weighted by Crippen LogP contribution is -2.31. The van der Waals surface area contributed by atoms with Crippen molar-refractivity contribution in [3.8, 4) is 0 Å². The zero-order valence-corrected chi connectivity index (χ0v) is 9.93. The standard InChI is InChI=1S/C10H17N3OS/c1-6-3-4-8(7(2)5-6)13-9(14)11-12-10(13)15/h6-8H,3-5H2,1-2H3,(H,11,14)(H,12,15). The van der Waals surface area contributed by atoms with Crippen molar-refractivity contribution in [2.45, 2.75) is 39.2 Å². The van der Waals surface area contributed by atoms with Crippen LogP contribution in [0.25, 0.3) is 0 Å². The van der Waals surface area contributed by atoms with Gasteiger partial charge in [0.15, 0.2) is 4.77 Å². The van der Waals surface area contributed by atoms with Gasteiger partial charge >= 0.3 is 5.69 Å². The molecule has 2 N–H and O–H groups in total. The average molecular weight is 227 g/mol. The molecule has 1 fully saturated rings. The van der Waals surface area contributed by atoms with Crippen LogP contribution in [0.3, 0.4) is 0 Å². The maximum atomic E-state index is 11.6. The Hall–Kier alpha value is -0.840. The largest absolute Gasteiger partial charge is 0.342 e. The summed E-state index contributed by atoms with van der Waals surface area (Å²) in [5, 5.41) is 5.25. The van der Waals surface area contributed by atoms with Gasteiger partial charge in [-0.15, -0.1) is 0 Å². The van der Waals surface area contributed by atoms with E-state index in [0.29, 0.717) is 10.7 Å². The second-order valence-electron chi connectivity index (χ2n) is 4.69. The van der Waals surface area contributed by atoms with Crippen LogP contribution in [0.2, 0.25) is 0 Å². The Labute approximate surface area is 93.7 Å². The van der Waals surface area contributed by atoms with Crippen molar-refractivity contribution in [3.05, 3.63) is 15.3 Å². The molecule has 5 heteroatoms. The van der Waals surface area contributed by atoms with E-state index in [4.69, 9.17) is 12.2 Å². The van der Waals surface area contributed by atoms with Gasteiger partial charge in [-0.25, -0.2) is 9.89 Å². The number of hydrogen-bond donors (Lipinski definition) is 2. The van der Waals surface area contributed by atoms with Crippen molar-refractivity contribution in [1.29, 1.82) is 0 Å². The SMILES string of the molecule is CC1CCC(n2c(=O)[nH][nH]c2=S)C(C)C1. The minimum absolute atomic E-state index is 0.105. The molecule has 0 bridgehead atoms. The van der Waals surface area contributed by atoms with Crippen molar-refractivity contribution < 1.29 is 0 Å². The highest BCUT2D eigenvalue weighted by Gasteiger charge is 2.28. The van der Waals surface area contributed by atoms with E-state index in [2.05, 4.69) is 24.0 Å². The number of rotatable bonds is 1. The van der Waals surface area contributed by atoms with Crippen LogP contribution < -0.4 is 5.69 Å². The first kappa shape index (κ1) is 10.7. The van der Waals surface area contributed by atoms with Gasteiger partial charge in [-0.3, -0.25) is 9.67 Å². The van der Waals surface area contributed by atoms with E-state index in [0.717, 1.165) is 12.3 Å². The average Bonchev–Trinajstić information content (AvgIpc) is 2.48. The van der Waals surface area contributed by atoms with E-state index >= 15 is 0 Å². The van der Waals surface area contributed by atoms with E-state index in [-0.39, 0.29) is 11.7 Å². The highest BCUT2D eigenvalue weighted by Crippen LogP contribution is 2.35.